The van der Waals surface area contributed by atoms with E-state index in [0.717, 1.165) is 10.5 Å². The molecule has 0 saturated carbocycles. The van der Waals surface area contributed by atoms with Gasteiger partial charge in [0.2, 0.25) is 0 Å². The summed E-state index contributed by atoms with van der Waals surface area (Å²) in [4.78, 5) is 24.8. The fraction of sp³-hybridized carbons (Fsp3) is 0.467. The van der Waals surface area contributed by atoms with E-state index in [0.29, 0.717) is 0 Å². The summed E-state index contributed by atoms with van der Waals surface area (Å²) in [5.74, 6) is -1.11. The average molecular weight is 293 g/mol. The Kier molecular flexibility index (Phi) is 4.18. The van der Waals surface area contributed by atoms with Crippen LogP contribution >= 0.6 is 0 Å². The summed E-state index contributed by atoms with van der Waals surface area (Å²) in [5, 5.41) is 9.29. The molecule has 1 aromatic rings. The maximum Gasteiger partial charge on any atom is 0.413 e. The molecule has 114 valence electrons. The van der Waals surface area contributed by atoms with Crippen LogP contribution in [-0.2, 0) is 20.9 Å². The van der Waals surface area contributed by atoms with E-state index in [1.807, 2.05) is 30.3 Å². The largest absolute Gasteiger partial charge is 0.480 e. The van der Waals surface area contributed by atoms with Crippen molar-refractivity contribution in [3.8, 4) is 0 Å². The molecule has 1 aliphatic rings. The highest BCUT2D eigenvalue weighted by Crippen LogP contribution is 2.32. The summed E-state index contributed by atoms with van der Waals surface area (Å²) in [6.45, 7) is 5.02. The molecular weight excluding hydrogens is 274 g/mol. The summed E-state index contributed by atoms with van der Waals surface area (Å²) in [6.07, 6.45) is -1.29. The molecule has 21 heavy (non-hydrogen) atoms. The molecule has 0 spiro atoms. The minimum atomic E-state index is -1.11. The third kappa shape index (κ3) is 3.16. The van der Waals surface area contributed by atoms with Crippen molar-refractivity contribution in [2.24, 2.45) is 0 Å². The van der Waals surface area contributed by atoms with Crippen LogP contribution in [0.1, 0.15) is 26.3 Å². The number of hydrogen-bond donors (Lipinski definition) is 1. The predicted octanol–water partition coefficient (Wildman–Crippen LogP) is 2.23. The van der Waals surface area contributed by atoms with Crippen LogP contribution in [0, 0.1) is 0 Å². The van der Waals surface area contributed by atoms with E-state index in [1.165, 1.54) is 0 Å². The molecule has 2 rings (SSSR count). The van der Waals surface area contributed by atoms with Crippen LogP contribution < -0.4 is 0 Å². The number of benzene rings is 1. The van der Waals surface area contributed by atoms with E-state index < -0.39 is 29.9 Å². The zero-order valence-electron chi connectivity index (χ0n) is 12.3. The van der Waals surface area contributed by atoms with E-state index in [1.54, 1.807) is 20.8 Å². The van der Waals surface area contributed by atoms with Crippen LogP contribution in [0.15, 0.2) is 30.3 Å². The molecule has 0 bridgehead atoms. The maximum absolute atomic E-state index is 12.3. The van der Waals surface area contributed by atoms with Crippen molar-refractivity contribution in [2.45, 2.75) is 45.2 Å². The lowest BCUT2D eigenvalue weighted by Gasteiger charge is -2.31. The van der Waals surface area contributed by atoms with Crippen LogP contribution in [0.4, 0.5) is 4.79 Å². The average Bonchev–Trinajstić information content (AvgIpc) is 2.66. The van der Waals surface area contributed by atoms with Gasteiger partial charge >= 0.3 is 12.1 Å². The van der Waals surface area contributed by atoms with Crippen LogP contribution in [0.3, 0.4) is 0 Å². The number of ether oxygens (including phenoxy) is 2. The molecule has 1 saturated heterocycles. The number of aliphatic carboxylic acids is 1. The van der Waals surface area contributed by atoms with E-state index >= 15 is 0 Å². The Hall–Kier alpha value is -2.08. The molecule has 1 aromatic carbocycles. The highest BCUT2D eigenvalue weighted by molar-refractivity contribution is 5.81. The summed E-state index contributed by atoms with van der Waals surface area (Å²) in [5.41, 5.74) is -0.181. The first-order valence-electron chi connectivity index (χ1n) is 6.73. The van der Waals surface area contributed by atoms with E-state index in [-0.39, 0.29) is 6.61 Å². The Labute approximate surface area is 123 Å². The van der Waals surface area contributed by atoms with E-state index in [9.17, 15) is 14.7 Å². The smallest absolute Gasteiger partial charge is 0.413 e. The van der Waals surface area contributed by atoms with E-state index in [2.05, 4.69) is 0 Å². The zero-order valence-corrected chi connectivity index (χ0v) is 12.3. The second-order valence-corrected chi connectivity index (χ2v) is 5.46. The SMILES string of the molecule is CC1OC(C)(C)N(C(=O)OCc2ccccc2)C1C(=O)O. The first-order valence-corrected chi connectivity index (χ1v) is 6.73. The standard InChI is InChI=1S/C15H19NO5/c1-10-12(13(17)18)16(15(2,3)21-10)14(19)20-9-11-7-5-4-6-8-11/h4-8,10,12H,9H2,1-3H3,(H,17,18). The first kappa shape index (κ1) is 15.3. The lowest BCUT2D eigenvalue weighted by atomic mass is 10.1. The van der Waals surface area contributed by atoms with Gasteiger partial charge in [-0.3, -0.25) is 4.90 Å². The lowest BCUT2D eigenvalue weighted by Crippen LogP contribution is -2.51. The van der Waals surface area contributed by atoms with Crippen LogP contribution in [-0.4, -0.2) is 39.9 Å². The monoisotopic (exact) mass is 293 g/mol. The molecule has 6 heteroatoms. The number of carbonyl (C=O) groups excluding carboxylic acids is 1. The number of rotatable bonds is 3. The van der Waals surface area contributed by atoms with Gasteiger partial charge in [-0.25, -0.2) is 9.59 Å². The van der Waals surface area contributed by atoms with Crippen molar-refractivity contribution < 1.29 is 24.2 Å². The van der Waals surface area contributed by atoms with Crippen LogP contribution in [0.25, 0.3) is 0 Å². The van der Waals surface area contributed by atoms with Crippen molar-refractivity contribution in [3.63, 3.8) is 0 Å². The second-order valence-electron chi connectivity index (χ2n) is 5.46. The fourth-order valence-corrected chi connectivity index (χ4v) is 2.55. The third-order valence-electron chi connectivity index (χ3n) is 3.43. The van der Waals surface area contributed by atoms with Crippen molar-refractivity contribution in [1.82, 2.24) is 4.90 Å². The quantitative estimate of drug-likeness (QED) is 0.925. The zero-order chi connectivity index (χ0) is 15.6. The summed E-state index contributed by atoms with van der Waals surface area (Å²) >= 11 is 0. The maximum atomic E-state index is 12.3. The van der Waals surface area contributed by atoms with Gasteiger partial charge in [0.25, 0.3) is 0 Å². The topological polar surface area (TPSA) is 76.1 Å². The molecule has 6 nitrogen and oxygen atoms in total. The Morgan fingerprint density at radius 1 is 1.33 bits per heavy atom. The van der Waals surface area contributed by atoms with Crippen LogP contribution in [0.5, 0.6) is 0 Å². The number of carbonyl (C=O) groups is 2. The van der Waals surface area contributed by atoms with Gasteiger partial charge < -0.3 is 14.6 Å². The second kappa shape index (κ2) is 5.73. The highest BCUT2D eigenvalue weighted by Gasteiger charge is 2.52. The third-order valence-corrected chi connectivity index (χ3v) is 3.43. The molecule has 1 heterocycles. The fourth-order valence-electron chi connectivity index (χ4n) is 2.55. The molecule has 0 radical (unpaired) electrons. The summed E-state index contributed by atoms with van der Waals surface area (Å²) < 4.78 is 10.8. The molecular formula is C15H19NO5. The van der Waals surface area contributed by atoms with Gasteiger partial charge in [0.1, 0.15) is 12.3 Å². The Bertz CT molecular complexity index is 528. The van der Waals surface area contributed by atoms with Gasteiger partial charge in [-0.15, -0.1) is 0 Å². The van der Waals surface area contributed by atoms with Crippen molar-refractivity contribution in [3.05, 3.63) is 35.9 Å². The van der Waals surface area contributed by atoms with Gasteiger partial charge in [0.05, 0.1) is 6.10 Å². The minimum absolute atomic E-state index is 0.0903. The number of hydrogen-bond acceptors (Lipinski definition) is 4. The Balaban J connectivity index is 2.10. The lowest BCUT2D eigenvalue weighted by molar-refractivity contribution is -0.143. The van der Waals surface area contributed by atoms with Crippen molar-refractivity contribution in [1.29, 1.82) is 0 Å². The van der Waals surface area contributed by atoms with Gasteiger partial charge in [-0.1, -0.05) is 30.3 Å². The molecule has 1 amide bonds. The van der Waals surface area contributed by atoms with Gasteiger partial charge in [-0.05, 0) is 26.3 Å². The molecule has 1 fully saturated rings. The molecule has 2 unspecified atom stereocenters. The Morgan fingerprint density at radius 2 is 1.95 bits per heavy atom. The molecule has 0 aromatic heterocycles. The molecule has 1 N–H and O–H groups in total. The highest BCUT2D eigenvalue weighted by atomic mass is 16.6. The normalized spacial score (nSPS) is 23.9. The molecule has 0 aliphatic carbocycles. The summed E-state index contributed by atoms with van der Waals surface area (Å²) in [6, 6.07) is 8.16. The van der Waals surface area contributed by atoms with Gasteiger partial charge in [-0.2, -0.15) is 0 Å². The van der Waals surface area contributed by atoms with Gasteiger partial charge in [0, 0.05) is 0 Å². The first-order chi connectivity index (χ1) is 9.83. The summed E-state index contributed by atoms with van der Waals surface area (Å²) in [7, 11) is 0. The number of amides is 1. The number of carboxylic acid groups (broad SMARTS) is 1. The van der Waals surface area contributed by atoms with Gasteiger partial charge in [0.15, 0.2) is 6.04 Å². The molecule has 1 aliphatic heterocycles. The van der Waals surface area contributed by atoms with E-state index in [4.69, 9.17) is 9.47 Å². The van der Waals surface area contributed by atoms with Crippen molar-refractivity contribution >= 4 is 12.1 Å². The minimum Gasteiger partial charge on any atom is -0.480 e. The number of carboxylic acids is 1. The van der Waals surface area contributed by atoms with Crippen LogP contribution in [0.2, 0.25) is 0 Å². The number of nitrogens with zero attached hydrogens (tertiary/aromatic N) is 1. The Morgan fingerprint density at radius 3 is 2.52 bits per heavy atom. The van der Waals surface area contributed by atoms with Crippen molar-refractivity contribution in [2.75, 3.05) is 0 Å². The molecule has 2 atom stereocenters. The predicted molar refractivity (Wildman–Crippen MR) is 74.5 cm³/mol.